The fourth-order valence-electron chi connectivity index (χ4n) is 3.52. The summed E-state index contributed by atoms with van der Waals surface area (Å²) in [5, 5.41) is 2.86. The molecule has 0 saturated carbocycles. The number of methoxy groups -OCH3 is 1. The van der Waals surface area contributed by atoms with Crippen LogP contribution in [0.5, 0.6) is 5.75 Å². The molecule has 2 aromatic carbocycles. The lowest BCUT2D eigenvalue weighted by Gasteiger charge is -2.09. The molecule has 2 aromatic heterocycles. The van der Waals surface area contributed by atoms with Gasteiger partial charge in [0.05, 0.1) is 24.8 Å². The van der Waals surface area contributed by atoms with Gasteiger partial charge >= 0.3 is 0 Å². The summed E-state index contributed by atoms with van der Waals surface area (Å²) in [6.45, 7) is 4.46. The fraction of sp³-hybridized carbons (Fsp3) is 0.192. The molecule has 4 aromatic rings. The SMILES string of the molecule is CCCNC(=O)c1[nH]c(/C=C/c2ccc(-n3cnc(C)c3)c(OC)c2)nc1-c1ccc(F)cc1. The minimum absolute atomic E-state index is 0.255. The Morgan fingerprint density at radius 1 is 1.21 bits per heavy atom. The molecular weight excluding hydrogens is 433 g/mol. The van der Waals surface area contributed by atoms with Gasteiger partial charge in [0.1, 0.15) is 28.8 Å². The number of nitrogens with one attached hydrogen (secondary N) is 2. The first-order chi connectivity index (χ1) is 16.5. The molecule has 0 aliphatic heterocycles. The predicted octanol–water partition coefficient (Wildman–Crippen LogP) is 5.03. The molecule has 174 valence electrons. The Balaban J connectivity index is 1.64. The first-order valence-corrected chi connectivity index (χ1v) is 11.0. The van der Waals surface area contributed by atoms with Crippen molar-refractivity contribution in [2.45, 2.75) is 20.3 Å². The molecule has 0 bridgehead atoms. The number of nitrogens with zero attached hydrogens (tertiary/aromatic N) is 3. The Kier molecular flexibility index (Phi) is 6.87. The third-order valence-corrected chi connectivity index (χ3v) is 5.23. The molecule has 0 spiro atoms. The molecule has 0 unspecified atom stereocenters. The van der Waals surface area contributed by atoms with E-state index in [0.29, 0.717) is 35.1 Å². The van der Waals surface area contributed by atoms with E-state index in [1.165, 1.54) is 12.1 Å². The number of aromatic amines is 1. The highest BCUT2D eigenvalue weighted by atomic mass is 19.1. The maximum Gasteiger partial charge on any atom is 0.270 e. The van der Waals surface area contributed by atoms with Crippen LogP contribution in [0, 0.1) is 12.7 Å². The minimum Gasteiger partial charge on any atom is -0.495 e. The molecule has 0 radical (unpaired) electrons. The number of carbonyl (C=O) groups is 1. The topological polar surface area (TPSA) is 84.8 Å². The van der Waals surface area contributed by atoms with Crippen LogP contribution in [-0.4, -0.2) is 39.1 Å². The lowest BCUT2D eigenvalue weighted by molar-refractivity contribution is 0.0950. The van der Waals surface area contributed by atoms with Crippen LogP contribution in [0.1, 0.15) is 40.9 Å². The number of hydrogen-bond donors (Lipinski definition) is 2. The number of aromatic nitrogens is 4. The zero-order valence-corrected chi connectivity index (χ0v) is 19.3. The number of benzene rings is 2. The van der Waals surface area contributed by atoms with Gasteiger partial charge < -0.3 is 19.6 Å². The van der Waals surface area contributed by atoms with Gasteiger partial charge in [-0.3, -0.25) is 4.79 Å². The van der Waals surface area contributed by atoms with Gasteiger partial charge in [-0.05, 0) is 61.4 Å². The molecule has 4 rings (SSSR count). The van der Waals surface area contributed by atoms with Gasteiger partial charge in [-0.25, -0.2) is 14.4 Å². The van der Waals surface area contributed by atoms with E-state index in [1.54, 1.807) is 31.6 Å². The number of halogens is 1. The molecule has 0 atom stereocenters. The molecular formula is C26H26FN5O2. The molecule has 7 nitrogen and oxygen atoms in total. The Hall–Kier alpha value is -4.20. The second-order valence-electron chi connectivity index (χ2n) is 7.80. The van der Waals surface area contributed by atoms with Gasteiger partial charge in [0, 0.05) is 18.3 Å². The number of hydrogen-bond acceptors (Lipinski definition) is 4. The number of ether oxygens (including phenoxy) is 1. The third kappa shape index (κ3) is 5.06. The molecule has 0 fully saturated rings. The summed E-state index contributed by atoms with van der Waals surface area (Å²) in [5.74, 6) is 0.606. The fourth-order valence-corrected chi connectivity index (χ4v) is 3.52. The van der Waals surface area contributed by atoms with Crippen LogP contribution in [0.15, 0.2) is 55.0 Å². The Labute approximate surface area is 197 Å². The Morgan fingerprint density at radius 3 is 2.68 bits per heavy atom. The normalized spacial score (nSPS) is 11.2. The zero-order chi connectivity index (χ0) is 24.1. The summed E-state index contributed by atoms with van der Waals surface area (Å²) in [6.07, 6.45) is 8.16. The van der Waals surface area contributed by atoms with Crippen LogP contribution in [0.3, 0.4) is 0 Å². The van der Waals surface area contributed by atoms with Gasteiger partial charge in [-0.2, -0.15) is 0 Å². The van der Waals surface area contributed by atoms with Crippen molar-refractivity contribution in [2.24, 2.45) is 0 Å². The van der Waals surface area contributed by atoms with Gasteiger partial charge in [0.25, 0.3) is 5.91 Å². The number of rotatable bonds is 8. The van der Waals surface area contributed by atoms with Gasteiger partial charge in [0.15, 0.2) is 0 Å². The molecule has 0 aliphatic carbocycles. The average molecular weight is 460 g/mol. The van der Waals surface area contributed by atoms with Gasteiger partial charge in [-0.15, -0.1) is 0 Å². The van der Waals surface area contributed by atoms with E-state index in [1.807, 2.05) is 48.9 Å². The molecule has 2 N–H and O–H groups in total. The summed E-state index contributed by atoms with van der Waals surface area (Å²) < 4.78 is 20.9. The smallest absolute Gasteiger partial charge is 0.270 e. The zero-order valence-electron chi connectivity index (χ0n) is 19.3. The first kappa shape index (κ1) is 23.0. The van der Waals surface area contributed by atoms with Gasteiger partial charge in [-0.1, -0.05) is 19.1 Å². The van der Waals surface area contributed by atoms with Crippen molar-refractivity contribution in [2.75, 3.05) is 13.7 Å². The molecule has 34 heavy (non-hydrogen) atoms. The number of amides is 1. The van der Waals surface area contributed by atoms with Crippen LogP contribution in [-0.2, 0) is 0 Å². The molecule has 0 saturated heterocycles. The van der Waals surface area contributed by atoms with Crippen LogP contribution in [0.2, 0.25) is 0 Å². The molecule has 8 heteroatoms. The summed E-state index contributed by atoms with van der Waals surface area (Å²) >= 11 is 0. The number of aryl methyl sites for hydroxylation is 1. The molecule has 1 amide bonds. The monoisotopic (exact) mass is 459 g/mol. The van der Waals surface area contributed by atoms with Crippen molar-refractivity contribution in [3.05, 3.63) is 83.6 Å². The Morgan fingerprint density at radius 2 is 2.00 bits per heavy atom. The molecule has 0 aliphatic rings. The van der Waals surface area contributed by atoms with Crippen LogP contribution < -0.4 is 10.1 Å². The average Bonchev–Trinajstić information content (AvgIpc) is 3.48. The van der Waals surface area contributed by atoms with Crippen molar-refractivity contribution < 1.29 is 13.9 Å². The summed E-state index contributed by atoms with van der Waals surface area (Å²) in [4.78, 5) is 24.7. The first-order valence-electron chi connectivity index (χ1n) is 11.0. The largest absolute Gasteiger partial charge is 0.495 e. The Bertz CT molecular complexity index is 1320. The highest BCUT2D eigenvalue weighted by molar-refractivity contribution is 5.98. The summed E-state index contributed by atoms with van der Waals surface area (Å²) in [7, 11) is 1.62. The van der Waals surface area contributed by atoms with Crippen LogP contribution in [0.25, 0.3) is 29.1 Å². The number of H-pyrrole nitrogens is 1. The number of carbonyl (C=O) groups excluding carboxylic acids is 1. The van der Waals surface area contributed by atoms with Crippen molar-refractivity contribution in [3.8, 4) is 22.7 Å². The third-order valence-electron chi connectivity index (χ3n) is 5.23. The predicted molar refractivity (Wildman–Crippen MR) is 130 cm³/mol. The van der Waals surface area contributed by atoms with Crippen LogP contribution in [0.4, 0.5) is 4.39 Å². The summed E-state index contributed by atoms with van der Waals surface area (Å²) in [5.41, 5.74) is 4.15. The number of imidazole rings is 2. The molecule has 2 heterocycles. The van der Waals surface area contributed by atoms with Crippen molar-refractivity contribution in [3.63, 3.8) is 0 Å². The van der Waals surface area contributed by atoms with Crippen molar-refractivity contribution in [1.82, 2.24) is 24.8 Å². The van der Waals surface area contributed by atoms with E-state index in [2.05, 4.69) is 20.3 Å². The highest BCUT2D eigenvalue weighted by Gasteiger charge is 2.18. The standard InChI is InChI=1S/C26H26FN5O2/c1-4-13-28-26(33)25-24(19-7-9-20(27)10-8-19)30-23(31-25)12-6-18-5-11-21(22(14-18)34-3)32-15-17(2)29-16-32/h5-12,14-16H,4,13H2,1-3H3,(H,28,33)(H,30,31)/b12-6+. The maximum absolute atomic E-state index is 13.4. The summed E-state index contributed by atoms with van der Waals surface area (Å²) in [6, 6.07) is 11.7. The highest BCUT2D eigenvalue weighted by Crippen LogP contribution is 2.26. The lowest BCUT2D eigenvalue weighted by Crippen LogP contribution is -2.24. The van der Waals surface area contributed by atoms with Crippen molar-refractivity contribution >= 4 is 18.1 Å². The van der Waals surface area contributed by atoms with E-state index in [9.17, 15) is 9.18 Å². The van der Waals surface area contributed by atoms with Crippen molar-refractivity contribution in [1.29, 1.82) is 0 Å². The quantitative estimate of drug-likeness (QED) is 0.387. The lowest BCUT2D eigenvalue weighted by atomic mass is 10.1. The van der Waals surface area contributed by atoms with Gasteiger partial charge in [0.2, 0.25) is 0 Å². The second kappa shape index (κ2) is 10.2. The van der Waals surface area contributed by atoms with E-state index < -0.39 is 0 Å². The second-order valence-corrected chi connectivity index (χ2v) is 7.80. The van der Waals surface area contributed by atoms with Crippen LogP contribution >= 0.6 is 0 Å². The van der Waals surface area contributed by atoms with E-state index in [4.69, 9.17) is 4.74 Å². The minimum atomic E-state index is -0.348. The maximum atomic E-state index is 13.4. The van der Waals surface area contributed by atoms with E-state index in [-0.39, 0.29) is 11.7 Å². The van der Waals surface area contributed by atoms with E-state index in [0.717, 1.165) is 23.4 Å². The van der Waals surface area contributed by atoms with E-state index >= 15 is 0 Å².